The molecule has 74 valence electrons. The van der Waals surface area contributed by atoms with Gasteiger partial charge in [-0.3, -0.25) is 0 Å². The maximum atomic E-state index is 11.1. The smallest absolute Gasteiger partial charge is 0.328 e. The molecule has 0 unspecified atom stereocenters. The van der Waals surface area contributed by atoms with Gasteiger partial charge < -0.3 is 14.9 Å². The number of carbonyl (C=O) groups is 1. The van der Waals surface area contributed by atoms with Crippen LogP contribution in [0.2, 0.25) is 0 Å². The summed E-state index contributed by atoms with van der Waals surface area (Å²) in [5.41, 5.74) is 0.511. The Bertz CT molecular complexity index is 368. The van der Waals surface area contributed by atoms with Gasteiger partial charge in [0.1, 0.15) is 5.75 Å². The lowest BCUT2D eigenvalue weighted by Crippen LogP contribution is -1.92. The molecule has 4 nitrogen and oxygen atoms in total. The Morgan fingerprint density at radius 2 is 2.21 bits per heavy atom. The van der Waals surface area contributed by atoms with E-state index in [1.807, 2.05) is 0 Å². The van der Waals surface area contributed by atoms with E-state index in [1.54, 1.807) is 6.07 Å². The third-order valence-corrected chi connectivity index (χ3v) is 1.56. The van der Waals surface area contributed by atoms with Crippen LogP contribution in [0.15, 0.2) is 24.3 Å². The Labute approximate surface area is 81.1 Å². The summed E-state index contributed by atoms with van der Waals surface area (Å²) in [6.07, 6.45) is 2.31. The molecule has 0 aliphatic rings. The SMILES string of the molecule is COc1cc([O-])cc(/C=C/C(=O)O)c1. The Balaban J connectivity index is 2.97. The summed E-state index contributed by atoms with van der Waals surface area (Å²) < 4.78 is 4.86. The van der Waals surface area contributed by atoms with Crippen LogP contribution in [0.1, 0.15) is 5.56 Å². The highest BCUT2D eigenvalue weighted by Crippen LogP contribution is 2.20. The first kappa shape index (κ1) is 10.1. The van der Waals surface area contributed by atoms with Crippen molar-refractivity contribution in [1.29, 1.82) is 0 Å². The van der Waals surface area contributed by atoms with Crippen LogP contribution in [0.3, 0.4) is 0 Å². The molecule has 0 bridgehead atoms. The molecule has 0 saturated heterocycles. The van der Waals surface area contributed by atoms with Crippen LogP contribution in [0.25, 0.3) is 6.08 Å². The minimum Gasteiger partial charge on any atom is -0.872 e. The van der Waals surface area contributed by atoms with Crippen molar-refractivity contribution in [1.82, 2.24) is 0 Å². The van der Waals surface area contributed by atoms with Crippen LogP contribution in [0.4, 0.5) is 0 Å². The molecule has 0 atom stereocenters. The van der Waals surface area contributed by atoms with Crippen molar-refractivity contribution in [2.75, 3.05) is 7.11 Å². The second kappa shape index (κ2) is 4.32. The maximum Gasteiger partial charge on any atom is 0.328 e. The van der Waals surface area contributed by atoms with Crippen LogP contribution in [-0.4, -0.2) is 18.2 Å². The van der Waals surface area contributed by atoms with Gasteiger partial charge in [-0.25, -0.2) is 4.79 Å². The molecule has 0 saturated carbocycles. The van der Waals surface area contributed by atoms with E-state index in [4.69, 9.17) is 9.84 Å². The minimum absolute atomic E-state index is 0.214. The van der Waals surface area contributed by atoms with Crippen LogP contribution in [0, 0.1) is 0 Å². The number of benzene rings is 1. The number of aliphatic carboxylic acids is 1. The van der Waals surface area contributed by atoms with E-state index >= 15 is 0 Å². The number of methoxy groups -OCH3 is 1. The topological polar surface area (TPSA) is 69.6 Å². The molecule has 0 aliphatic heterocycles. The van der Waals surface area contributed by atoms with Crippen LogP contribution < -0.4 is 9.84 Å². The number of carboxylic acid groups (broad SMARTS) is 1. The standard InChI is InChI=1S/C10H10O4/c1-14-9-5-7(2-3-10(12)13)4-8(11)6-9/h2-6,11H,1H3,(H,12,13)/p-1/b3-2+. The lowest BCUT2D eigenvalue weighted by atomic mass is 10.2. The van der Waals surface area contributed by atoms with E-state index in [2.05, 4.69) is 0 Å². The van der Waals surface area contributed by atoms with E-state index in [0.717, 1.165) is 6.08 Å². The van der Waals surface area contributed by atoms with Crippen molar-refractivity contribution in [2.24, 2.45) is 0 Å². The number of hydrogen-bond donors (Lipinski definition) is 1. The molecule has 0 aliphatic carbocycles. The van der Waals surface area contributed by atoms with Gasteiger partial charge in [-0.1, -0.05) is 6.07 Å². The molecule has 0 heterocycles. The normalized spacial score (nSPS) is 10.4. The molecule has 1 aromatic rings. The fourth-order valence-electron chi connectivity index (χ4n) is 0.975. The summed E-state index contributed by atoms with van der Waals surface area (Å²) in [4.78, 5) is 10.2. The van der Waals surface area contributed by atoms with Gasteiger partial charge in [-0.2, -0.15) is 0 Å². The van der Waals surface area contributed by atoms with Gasteiger partial charge in [0, 0.05) is 6.08 Å². The summed E-state index contributed by atoms with van der Waals surface area (Å²) in [5.74, 6) is -0.850. The molecule has 0 amide bonds. The largest absolute Gasteiger partial charge is 0.872 e. The van der Waals surface area contributed by atoms with Crippen molar-refractivity contribution >= 4 is 12.0 Å². The van der Waals surface area contributed by atoms with Gasteiger partial charge in [0.2, 0.25) is 0 Å². The quantitative estimate of drug-likeness (QED) is 0.723. The Kier molecular flexibility index (Phi) is 3.12. The zero-order chi connectivity index (χ0) is 10.6. The van der Waals surface area contributed by atoms with E-state index in [-0.39, 0.29) is 5.75 Å². The average Bonchev–Trinajstić information content (AvgIpc) is 2.14. The first-order chi connectivity index (χ1) is 6.61. The molecule has 1 rings (SSSR count). The molecule has 14 heavy (non-hydrogen) atoms. The van der Waals surface area contributed by atoms with Gasteiger partial charge in [-0.05, 0) is 23.8 Å². The first-order valence-electron chi connectivity index (χ1n) is 3.89. The van der Waals surface area contributed by atoms with Gasteiger partial charge >= 0.3 is 5.97 Å². The van der Waals surface area contributed by atoms with Crippen LogP contribution in [-0.2, 0) is 4.79 Å². The summed E-state index contributed by atoms with van der Waals surface area (Å²) in [6.45, 7) is 0. The summed E-state index contributed by atoms with van der Waals surface area (Å²) >= 11 is 0. The van der Waals surface area contributed by atoms with E-state index in [1.165, 1.54) is 25.3 Å². The number of ether oxygens (including phenoxy) is 1. The van der Waals surface area contributed by atoms with Crippen molar-refractivity contribution in [3.05, 3.63) is 29.8 Å². The minimum atomic E-state index is -1.06. The Morgan fingerprint density at radius 3 is 2.79 bits per heavy atom. The monoisotopic (exact) mass is 193 g/mol. The zero-order valence-electron chi connectivity index (χ0n) is 7.56. The van der Waals surface area contributed by atoms with Crippen molar-refractivity contribution in [3.63, 3.8) is 0 Å². The van der Waals surface area contributed by atoms with E-state index < -0.39 is 5.97 Å². The van der Waals surface area contributed by atoms with Crippen molar-refractivity contribution < 1.29 is 19.7 Å². The summed E-state index contributed by atoms with van der Waals surface area (Å²) in [7, 11) is 1.44. The molecule has 0 fully saturated rings. The number of rotatable bonds is 3. The first-order valence-corrected chi connectivity index (χ1v) is 3.89. The second-order valence-electron chi connectivity index (χ2n) is 2.61. The number of carboxylic acids is 1. The fraction of sp³-hybridized carbons (Fsp3) is 0.100. The lowest BCUT2D eigenvalue weighted by molar-refractivity contribution is -0.268. The summed E-state index contributed by atoms with van der Waals surface area (Å²) in [6, 6.07) is 4.25. The van der Waals surface area contributed by atoms with Gasteiger partial charge in [0.05, 0.1) is 7.11 Å². The summed E-state index contributed by atoms with van der Waals surface area (Å²) in [5, 5.41) is 19.4. The van der Waals surface area contributed by atoms with Crippen LogP contribution >= 0.6 is 0 Å². The molecule has 4 heteroatoms. The molecule has 1 aromatic carbocycles. The predicted octanol–water partition coefficient (Wildman–Crippen LogP) is 0.867. The lowest BCUT2D eigenvalue weighted by Gasteiger charge is -2.09. The Hall–Kier alpha value is -1.97. The van der Waals surface area contributed by atoms with Gasteiger partial charge in [0.15, 0.2) is 0 Å². The average molecular weight is 193 g/mol. The van der Waals surface area contributed by atoms with Crippen molar-refractivity contribution in [3.8, 4) is 11.5 Å². The molecule has 0 spiro atoms. The zero-order valence-corrected chi connectivity index (χ0v) is 7.56. The molecule has 0 radical (unpaired) electrons. The molecular weight excluding hydrogens is 184 g/mol. The molecule has 0 aromatic heterocycles. The predicted molar refractivity (Wildman–Crippen MR) is 49.1 cm³/mol. The van der Waals surface area contributed by atoms with Gasteiger partial charge in [-0.15, -0.1) is 5.75 Å². The highest BCUT2D eigenvalue weighted by Gasteiger charge is 1.94. The second-order valence-corrected chi connectivity index (χ2v) is 2.61. The van der Waals surface area contributed by atoms with Crippen LogP contribution in [0.5, 0.6) is 11.5 Å². The maximum absolute atomic E-state index is 11.1. The highest BCUT2D eigenvalue weighted by atomic mass is 16.5. The molecule has 1 N–H and O–H groups in total. The Morgan fingerprint density at radius 1 is 1.50 bits per heavy atom. The fourth-order valence-corrected chi connectivity index (χ4v) is 0.975. The van der Waals surface area contributed by atoms with E-state index in [0.29, 0.717) is 11.3 Å². The third-order valence-electron chi connectivity index (χ3n) is 1.56. The van der Waals surface area contributed by atoms with Gasteiger partial charge in [0.25, 0.3) is 0 Å². The number of hydrogen-bond acceptors (Lipinski definition) is 3. The third kappa shape index (κ3) is 2.82. The molecular formula is C10H9O4-. The van der Waals surface area contributed by atoms with E-state index in [9.17, 15) is 9.90 Å². The highest BCUT2D eigenvalue weighted by molar-refractivity contribution is 5.85. The van der Waals surface area contributed by atoms with Crippen molar-refractivity contribution in [2.45, 2.75) is 0 Å².